The summed E-state index contributed by atoms with van der Waals surface area (Å²) in [5, 5.41) is 23.2. The fourth-order valence-corrected chi connectivity index (χ4v) is 7.10. The summed E-state index contributed by atoms with van der Waals surface area (Å²) in [6.07, 6.45) is 0.153. The Hall–Kier alpha value is -5.48. The largest absolute Gasteiger partial charge is 0.497 e. The van der Waals surface area contributed by atoms with Crippen molar-refractivity contribution in [3.05, 3.63) is 137 Å². The molecule has 5 N–H and O–H groups in total. The van der Waals surface area contributed by atoms with Crippen molar-refractivity contribution in [2.75, 3.05) is 7.11 Å². The lowest BCUT2D eigenvalue weighted by atomic mass is 9.87. The van der Waals surface area contributed by atoms with Crippen LogP contribution in [0.4, 0.5) is 0 Å². The Morgan fingerprint density at radius 3 is 1.88 bits per heavy atom. The van der Waals surface area contributed by atoms with E-state index in [9.17, 15) is 24.3 Å². The smallest absolute Gasteiger partial charge is 0.251 e. The molecule has 0 fully saturated rings. The zero-order valence-electron chi connectivity index (χ0n) is 28.9. The van der Waals surface area contributed by atoms with Gasteiger partial charge in [-0.2, -0.15) is 0 Å². The normalized spacial score (nSPS) is 16.1. The molecule has 51 heavy (non-hydrogen) atoms. The highest BCUT2D eigenvalue weighted by atomic mass is 16.5. The summed E-state index contributed by atoms with van der Waals surface area (Å²) >= 11 is 0. The molecule has 4 aromatic carbocycles. The first-order valence-electron chi connectivity index (χ1n) is 17.3. The minimum absolute atomic E-state index is 0.111. The molecule has 264 valence electrons. The van der Waals surface area contributed by atoms with Gasteiger partial charge >= 0.3 is 0 Å². The van der Waals surface area contributed by atoms with Gasteiger partial charge in [0, 0.05) is 18.9 Å². The fraction of sp³-hybridized carbons (Fsp3) is 0.317. The van der Waals surface area contributed by atoms with Crippen molar-refractivity contribution < 1.29 is 29.0 Å². The maximum absolute atomic E-state index is 14.3. The second-order valence-electron chi connectivity index (χ2n) is 13.6. The third-order valence-corrected chi connectivity index (χ3v) is 9.99. The molecule has 2 aliphatic rings. The topological polar surface area (TPSA) is 146 Å². The van der Waals surface area contributed by atoms with E-state index in [1.807, 2.05) is 78.9 Å². The molecule has 0 aliphatic heterocycles. The number of nitrogens with one attached hydrogen (secondary N) is 4. The van der Waals surface area contributed by atoms with E-state index in [-0.39, 0.29) is 37.6 Å². The number of methoxy groups -OCH3 is 1. The van der Waals surface area contributed by atoms with Crippen LogP contribution >= 0.6 is 0 Å². The van der Waals surface area contributed by atoms with Gasteiger partial charge in [0.15, 0.2) is 6.10 Å². The lowest BCUT2D eigenvalue weighted by Gasteiger charge is -2.36. The molecule has 0 saturated carbocycles. The number of fused-ring (bicyclic) bond motifs is 2. The quantitative estimate of drug-likeness (QED) is 0.146. The molecular formula is C41H44N4O6. The van der Waals surface area contributed by atoms with E-state index in [4.69, 9.17) is 4.74 Å². The summed E-state index contributed by atoms with van der Waals surface area (Å²) in [6.45, 7) is 1.80. The summed E-state index contributed by atoms with van der Waals surface area (Å²) in [4.78, 5) is 54.7. The van der Waals surface area contributed by atoms with Crippen LogP contribution in [-0.4, -0.2) is 59.6 Å². The predicted octanol–water partition coefficient (Wildman–Crippen LogP) is 2.97. The van der Waals surface area contributed by atoms with Gasteiger partial charge in [-0.05, 0) is 78.1 Å². The second kappa shape index (κ2) is 15.6. The molecule has 0 radical (unpaired) electrons. The summed E-state index contributed by atoms with van der Waals surface area (Å²) in [5.74, 6) is -1.58. The third kappa shape index (κ3) is 8.29. The highest BCUT2D eigenvalue weighted by Crippen LogP contribution is 2.33. The minimum Gasteiger partial charge on any atom is -0.497 e. The number of aliphatic hydroxyl groups excluding tert-OH is 1. The molecule has 2 aliphatic carbocycles. The van der Waals surface area contributed by atoms with Crippen LogP contribution in [-0.2, 0) is 57.8 Å². The van der Waals surface area contributed by atoms with Gasteiger partial charge in [0.25, 0.3) is 5.91 Å². The molecule has 1 unspecified atom stereocenters. The molecule has 0 saturated heterocycles. The maximum atomic E-state index is 14.3. The van der Waals surface area contributed by atoms with Gasteiger partial charge in [-0.3, -0.25) is 19.2 Å². The monoisotopic (exact) mass is 688 g/mol. The predicted molar refractivity (Wildman–Crippen MR) is 193 cm³/mol. The van der Waals surface area contributed by atoms with E-state index in [0.717, 1.165) is 33.4 Å². The van der Waals surface area contributed by atoms with E-state index >= 15 is 0 Å². The number of hydrogen-bond donors (Lipinski definition) is 5. The first kappa shape index (κ1) is 35.3. The molecule has 4 amide bonds. The van der Waals surface area contributed by atoms with Crippen molar-refractivity contribution in [2.24, 2.45) is 5.92 Å². The Morgan fingerprint density at radius 2 is 1.29 bits per heavy atom. The van der Waals surface area contributed by atoms with Crippen LogP contribution in [0.2, 0.25) is 0 Å². The minimum atomic E-state index is -1.59. The summed E-state index contributed by atoms with van der Waals surface area (Å²) in [6, 6.07) is 30.0. The maximum Gasteiger partial charge on any atom is 0.251 e. The van der Waals surface area contributed by atoms with Gasteiger partial charge in [0.1, 0.15) is 17.8 Å². The Bertz CT molecular complexity index is 1830. The van der Waals surface area contributed by atoms with Crippen molar-refractivity contribution in [1.82, 2.24) is 21.3 Å². The number of ether oxygens (including phenoxy) is 1. The number of aliphatic hydroxyl groups is 1. The summed E-state index contributed by atoms with van der Waals surface area (Å²) in [5.41, 5.74) is 4.33. The molecule has 10 nitrogen and oxygen atoms in total. The van der Waals surface area contributed by atoms with Crippen LogP contribution in [0.1, 0.15) is 40.3 Å². The average Bonchev–Trinajstić information content (AvgIpc) is 3.76. The molecule has 0 heterocycles. The third-order valence-electron chi connectivity index (χ3n) is 9.99. The number of carbonyl (C=O) groups is 4. The van der Waals surface area contributed by atoms with Gasteiger partial charge < -0.3 is 31.1 Å². The summed E-state index contributed by atoms with van der Waals surface area (Å²) in [7, 11) is 1.56. The van der Waals surface area contributed by atoms with Crippen LogP contribution in [0.3, 0.4) is 0 Å². The Balaban J connectivity index is 1.19. The van der Waals surface area contributed by atoms with Crippen molar-refractivity contribution in [1.29, 1.82) is 0 Å². The van der Waals surface area contributed by atoms with Crippen molar-refractivity contribution in [3.8, 4) is 5.75 Å². The zero-order valence-corrected chi connectivity index (χ0v) is 28.9. The van der Waals surface area contributed by atoms with Crippen molar-refractivity contribution >= 4 is 23.6 Å². The Morgan fingerprint density at radius 1 is 0.725 bits per heavy atom. The first-order chi connectivity index (χ1) is 24.6. The van der Waals surface area contributed by atoms with Gasteiger partial charge in [0.2, 0.25) is 17.7 Å². The van der Waals surface area contributed by atoms with Crippen LogP contribution < -0.4 is 26.0 Å². The first-order valence-corrected chi connectivity index (χ1v) is 17.3. The van der Waals surface area contributed by atoms with Gasteiger partial charge in [-0.15, -0.1) is 0 Å². The van der Waals surface area contributed by atoms with Crippen LogP contribution in [0.5, 0.6) is 5.75 Å². The van der Waals surface area contributed by atoms with Gasteiger partial charge in [-0.1, -0.05) is 91.0 Å². The van der Waals surface area contributed by atoms with Gasteiger partial charge in [-0.25, -0.2) is 0 Å². The lowest BCUT2D eigenvalue weighted by molar-refractivity contribution is -0.138. The van der Waals surface area contributed by atoms with Crippen LogP contribution in [0, 0.1) is 5.92 Å². The zero-order chi connectivity index (χ0) is 36.0. The number of hydrogen-bond acceptors (Lipinski definition) is 6. The Labute approximate surface area is 298 Å². The van der Waals surface area contributed by atoms with Crippen molar-refractivity contribution in [3.63, 3.8) is 0 Å². The molecule has 10 heteroatoms. The van der Waals surface area contributed by atoms with E-state index in [2.05, 4.69) is 21.3 Å². The Kier molecular flexibility index (Phi) is 10.8. The molecule has 3 atom stereocenters. The second-order valence-corrected chi connectivity index (χ2v) is 13.6. The van der Waals surface area contributed by atoms with Gasteiger partial charge in [0.05, 0.1) is 12.6 Å². The average molecular weight is 689 g/mol. The SMILES string of the molecule is COc1ccc(C[C@H](NC(=O)[C@H](C)NC(=O)C2Cc3ccccc3C2)C(=O)NC2(C(O)C(=O)NCc3ccccc3)Cc3ccccc3C2)cc1. The molecule has 4 aromatic rings. The lowest BCUT2D eigenvalue weighted by Crippen LogP contribution is -2.65. The summed E-state index contributed by atoms with van der Waals surface area (Å²) < 4.78 is 5.29. The van der Waals surface area contributed by atoms with E-state index in [0.29, 0.717) is 18.6 Å². The van der Waals surface area contributed by atoms with Crippen LogP contribution in [0.25, 0.3) is 0 Å². The van der Waals surface area contributed by atoms with Crippen LogP contribution in [0.15, 0.2) is 103 Å². The number of carbonyl (C=O) groups excluding carboxylic acids is 4. The van der Waals surface area contributed by atoms with E-state index < -0.39 is 41.4 Å². The van der Waals surface area contributed by atoms with E-state index in [1.54, 1.807) is 38.3 Å². The highest BCUT2D eigenvalue weighted by Gasteiger charge is 2.48. The number of amides is 4. The number of benzene rings is 4. The standard InChI is InChI=1S/C41H44N4O6/c1-26(43-38(48)33-21-29-12-6-7-13-30(29)22-33)37(47)44-35(20-27-16-18-34(51-2)19-17-27)39(49)45-41(23-31-14-8-9-15-32(31)24-41)36(46)40(50)42-25-28-10-4-3-5-11-28/h3-19,26,33,35-36,46H,20-25H2,1-2H3,(H,42,50)(H,43,48)(H,44,47)(H,45,49)/t26-,35-,36?/m0/s1. The molecule has 0 bridgehead atoms. The highest BCUT2D eigenvalue weighted by molar-refractivity contribution is 5.93. The number of rotatable bonds is 13. The van der Waals surface area contributed by atoms with Crippen molar-refractivity contribution in [2.45, 2.75) is 69.3 Å². The molecule has 0 aromatic heterocycles. The fourth-order valence-electron chi connectivity index (χ4n) is 7.10. The molecular weight excluding hydrogens is 644 g/mol. The molecule has 6 rings (SSSR count). The van der Waals surface area contributed by atoms with E-state index in [1.165, 1.54) is 0 Å². The molecule has 0 spiro atoms.